The molecule has 4 aromatic rings. The number of carbonyl (C=O) groups is 2. The van der Waals surface area contributed by atoms with Crippen LogP contribution in [0.2, 0.25) is 0 Å². The first kappa shape index (κ1) is 25.4. The highest BCUT2D eigenvalue weighted by atomic mass is 19.1. The van der Waals surface area contributed by atoms with Crippen molar-refractivity contribution in [3.63, 3.8) is 0 Å². The van der Waals surface area contributed by atoms with E-state index in [-0.39, 0.29) is 40.7 Å². The first-order chi connectivity index (χ1) is 17.8. The van der Waals surface area contributed by atoms with Gasteiger partial charge in [-0.3, -0.25) is 19.1 Å². The lowest BCUT2D eigenvalue weighted by Crippen LogP contribution is -2.24. The van der Waals surface area contributed by atoms with Crippen LogP contribution >= 0.6 is 0 Å². The SMILES string of the molecule is COc1cccc(CNC(=O)c2cn(Cc3ccc(Cn4ccccc4=O)cc3)nc2NC(C)=O)c1F. The van der Waals surface area contributed by atoms with Crippen molar-refractivity contribution < 1.29 is 18.7 Å². The van der Waals surface area contributed by atoms with Crippen molar-refractivity contribution in [2.24, 2.45) is 0 Å². The van der Waals surface area contributed by atoms with Gasteiger partial charge in [-0.15, -0.1) is 0 Å². The van der Waals surface area contributed by atoms with Gasteiger partial charge in [0.2, 0.25) is 5.91 Å². The number of halogens is 1. The maximum atomic E-state index is 14.4. The topological polar surface area (TPSA) is 107 Å². The van der Waals surface area contributed by atoms with E-state index in [0.717, 1.165) is 11.1 Å². The van der Waals surface area contributed by atoms with Crippen molar-refractivity contribution in [3.05, 3.63) is 111 Å². The minimum atomic E-state index is -0.552. The number of pyridine rings is 1. The largest absolute Gasteiger partial charge is 0.494 e. The van der Waals surface area contributed by atoms with E-state index in [1.54, 1.807) is 39.7 Å². The van der Waals surface area contributed by atoms with Crippen LogP contribution in [-0.4, -0.2) is 33.3 Å². The minimum Gasteiger partial charge on any atom is -0.494 e. The maximum Gasteiger partial charge on any atom is 0.256 e. The second-order valence-electron chi connectivity index (χ2n) is 8.37. The number of anilines is 1. The third-order valence-electron chi connectivity index (χ3n) is 5.62. The molecule has 0 radical (unpaired) electrons. The van der Waals surface area contributed by atoms with E-state index in [4.69, 9.17) is 4.74 Å². The van der Waals surface area contributed by atoms with E-state index in [0.29, 0.717) is 13.1 Å². The molecule has 0 saturated heterocycles. The Kier molecular flexibility index (Phi) is 7.77. The molecule has 2 aromatic heterocycles. The zero-order valence-electron chi connectivity index (χ0n) is 20.4. The summed E-state index contributed by atoms with van der Waals surface area (Å²) < 4.78 is 22.6. The Morgan fingerprint density at radius 2 is 1.73 bits per heavy atom. The van der Waals surface area contributed by atoms with Gasteiger partial charge in [-0.05, 0) is 23.3 Å². The summed E-state index contributed by atoms with van der Waals surface area (Å²) in [4.78, 5) is 36.5. The number of methoxy groups -OCH3 is 1. The molecule has 0 spiro atoms. The van der Waals surface area contributed by atoms with Crippen LogP contribution in [-0.2, 0) is 24.4 Å². The summed E-state index contributed by atoms with van der Waals surface area (Å²) in [5, 5.41) is 9.59. The average molecular weight is 504 g/mol. The van der Waals surface area contributed by atoms with E-state index >= 15 is 0 Å². The number of rotatable bonds is 9. The Labute approximate surface area is 212 Å². The van der Waals surface area contributed by atoms with Crippen molar-refractivity contribution in [1.29, 1.82) is 0 Å². The lowest BCUT2D eigenvalue weighted by molar-refractivity contribution is -0.114. The van der Waals surface area contributed by atoms with Crippen LogP contribution in [0.5, 0.6) is 5.75 Å². The Hall–Kier alpha value is -4.73. The first-order valence-electron chi connectivity index (χ1n) is 11.5. The third-order valence-corrected chi connectivity index (χ3v) is 5.62. The van der Waals surface area contributed by atoms with Crippen LogP contribution in [0.1, 0.15) is 34.0 Å². The van der Waals surface area contributed by atoms with Gasteiger partial charge in [0.25, 0.3) is 11.5 Å². The summed E-state index contributed by atoms with van der Waals surface area (Å²) in [6.45, 7) is 2.05. The van der Waals surface area contributed by atoms with Gasteiger partial charge in [-0.1, -0.05) is 42.5 Å². The standard InChI is InChI=1S/C27H26FN5O4/c1-18(34)30-26-22(27(36)29-14-21-6-5-7-23(37-2)25(21)28)17-33(31-26)16-20-11-9-19(10-12-20)15-32-13-4-3-8-24(32)35/h3-13,17H,14-16H2,1-2H3,(H,29,36)(H,30,31,34). The maximum absolute atomic E-state index is 14.4. The van der Waals surface area contributed by atoms with Gasteiger partial charge < -0.3 is 19.9 Å². The Morgan fingerprint density at radius 3 is 2.41 bits per heavy atom. The molecule has 0 unspecified atom stereocenters. The molecule has 0 atom stereocenters. The molecule has 2 heterocycles. The number of hydrogen-bond acceptors (Lipinski definition) is 5. The molecule has 0 saturated carbocycles. The molecule has 4 rings (SSSR count). The van der Waals surface area contributed by atoms with Crippen LogP contribution in [0.15, 0.2) is 77.9 Å². The van der Waals surface area contributed by atoms with Gasteiger partial charge in [-0.2, -0.15) is 5.10 Å². The Morgan fingerprint density at radius 1 is 1.00 bits per heavy atom. The quantitative estimate of drug-likeness (QED) is 0.365. The third kappa shape index (κ3) is 6.29. The van der Waals surface area contributed by atoms with Crippen LogP contribution in [0.25, 0.3) is 0 Å². The molecule has 190 valence electrons. The van der Waals surface area contributed by atoms with Gasteiger partial charge in [0, 0.05) is 37.5 Å². The number of amides is 2. The van der Waals surface area contributed by atoms with Crippen LogP contribution in [0, 0.1) is 5.82 Å². The second kappa shape index (κ2) is 11.3. The Bertz CT molecular complexity index is 1480. The number of carbonyl (C=O) groups excluding carboxylic acids is 2. The van der Waals surface area contributed by atoms with Crippen LogP contribution < -0.4 is 20.9 Å². The van der Waals surface area contributed by atoms with Crippen molar-refractivity contribution in [1.82, 2.24) is 19.7 Å². The summed E-state index contributed by atoms with van der Waals surface area (Å²) in [5.41, 5.74) is 2.21. The fraction of sp³-hybridized carbons (Fsp3) is 0.185. The summed E-state index contributed by atoms with van der Waals surface area (Å²) in [6.07, 6.45) is 3.26. The molecular formula is C27H26FN5O4. The smallest absolute Gasteiger partial charge is 0.256 e. The average Bonchev–Trinajstić information content (AvgIpc) is 3.27. The summed E-state index contributed by atoms with van der Waals surface area (Å²) >= 11 is 0. The molecule has 0 bridgehead atoms. The fourth-order valence-corrected chi connectivity index (χ4v) is 3.77. The molecule has 10 heteroatoms. The van der Waals surface area contributed by atoms with Crippen LogP contribution in [0.4, 0.5) is 10.2 Å². The highest BCUT2D eigenvalue weighted by Gasteiger charge is 2.18. The fourth-order valence-electron chi connectivity index (χ4n) is 3.77. The molecular weight excluding hydrogens is 477 g/mol. The molecule has 9 nitrogen and oxygen atoms in total. The van der Waals surface area contributed by atoms with E-state index in [9.17, 15) is 18.8 Å². The minimum absolute atomic E-state index is 0.0709. The van der Waals surface area contributed by atoms with E-state index < -0.39 is 11.7 Å². The Balaban J connectivity index is 1.47. The molecule has 0 aliphatic heterocycles. The van der Waals surface area contributed by atoms with Gasteiger partial charge in [0.1, 0.15) is 5.56 Å². The van der Waals surface area contributed by atoms with Crippen LogP contribution in [0.3, 0.4) is 0 Å². The number of aromatic nitrogens is 3. The number of ether oxygens (including phenoxy) is 1. The lowest BCUT2D eigenvalue weighted by Gasteiger charge is -2.09. The van der Waals surface area contributed by atoms with Crippen molar-refractivity contribution in [2.45, 2.75) is 26.6 Å². The zero-order chi connectivity index (χ0) is 26.4. The summed E-state index contributed by atoms with van der Waals surface area (Å²) in [5.74, 6) is -1.25. The number of nitrogens with one attached hydrogen (secondary N) is 2. The molecule has 2 N–H and O–H groups in total. The van der Waals surface area contributed by atoms with Crippen molar-refractivity contribution in [3.8, 4) is 5.75 Å². The van der Waals surface area contributed by atoms with Gasteiger partial charge in [0.05, 0.1) is 20.2 Å². The molecule has 2 amide bonds. The number of hydrogen-bond donors (Lipinski definition) is 2. The molecule has 37 heavy (non-hydrogen) atoms. The summed E-state index contributed by atoms with van der Waals surface area (Å²) in [7, 11) is 1.37. The molecule has 0 aliphatic rings. The number of benzene rings is 2. The van der Waals surface area contributed by atoms with Gasteiger partial charge in [0.15, 0.2) is 17.4 Å². The lowest BCUT2D eigenvalue weighted by atomic mass is 10.1. The predicted octanol–water partition coefficient (Wildman–Crippen LogP) is 3.18. The number of nitrogens with zero attached hydrogens (tertiary/aromatic N) is 3. The monoisotopic (exact) mass is 503 g/mol. The highest BCUT2D eigenvalue weighted by molar-refractivity contribution is 6.02. The highest BCUT2D eigenvalue weighted by Crippen LogP contribution is 2.20. The second-order valence-corrected chi connectivity index (χ2v) is 8.37. The zero-order valence-corrected chi connectivity index (χ0v) is 20.4. The van der Waals surface area contributed by atoms with E-state index in [2.05, 4.69) is 15.7 Å². The van der Waals surface area contributed by atoms with Gasteiger partial charge >= 0.3 is 0 Å². The normalized spacial score (nSPS) is 10.7. The van der Waals surface area contributed by atoms with Gasteiger partial charge in [-0.25, -0.2) is 4.39 Å². The molecule has 2 aromatic carbocycles. The summed E-state index contributed by atoms with van der Waals surface area (Å²) in [6, 6.07) is 17.4. The van der Waals surface area contributed by atoms with Crippen molar-refractivity contribution >= 4 is 17.6 Å². The van der Waals surface area contributed by atoms with Crippen molar-refractivity contribution in [2.75, 3.05) is 12.4 Å². The van der Waals surface area contributed by atoms with E-state index in [1.165, 1.54) is 32.4 Å². The van der Waals surface area contributed by atoms with E-state index in [1.807, 2.05) is 24.3 Å². The first-order valence-corrected chi connectivity index (χ1v) is 11.5. The molecule has 0 aliphatic carbocycles. The predicted molar refractivity (Wildman–Crippen MR) is 136 cm³/mol. The molecule has 0 fully saturated rings.